The topological polar surface area (TPSA) is 93.7 Å². The van der Waals surface area contributed by atoms with Crippen LogP contribution in [0.15, 0.2) is 53.4 Å². The average molecular weight is 392 g/mol. The highest BCUT2D eigenvalue weighted by Gasteiger charge is 2.15. The van der Waals surface area contributed by atoms with Crippen molar-refractivity contribution in [3.8, 4) is 11.5 Å². The lowest BCUT2D eigenvalue weighted by molar-refractivity contribution is -0.120. The summed E-state index contributed by atoms with van der Waals surface area (Å²) in [5.41, 5.74) is 0.882. The van der Waals surface area contributed by atoms with Crippen molar-refractivity contribution in [2.24, 2.45) is 0 Å². The number of hydrogen-bond acceptors (Lipinski definition) is 5. The van der Waals surface area contributed by atoms with E-state index >= 15 is 0 Å². The Morgan fingerprint density at radius 2 is 1.59 bits per heavy atom. The molecule has 0 bridgehead atoms. The van der Waals surface area contributed by atoms with Gasteiger partial charge in [0, 0.05) is 6.54 Å². The fraction of sp³-hybridized carbons (Fsp3) is 0.316. The average Bonchev–Trinajstić information content (AvgIpc) is 2.65. The van der Waals surface area contributed by atoms with Gasteiger partial charge in [0.25, 0.3) is 0 Å². The number of rotatable bonds is 9. The number of methoxy groups -OCH3 is 1. The molecule has 0 radical (unpaired) electrons. The molecular weight excluding hydrogens is 368 g/mol. The van der Waals surface area contributed by atoms with E-state index in [1.165, 1.54) is 12.1 Å². The van der Waals surface area contributed by atoms with Gasteiger partial charge in [-0.2, -0.15) is 0 Å². The lowest BCUT2D eigenvalue weighted by Crippen LogP contribution is -2.36. The van der Waals surface area contributed by atoms with Crippen molar-refractivity contribution in [1.82, 2.24) is 10.0 Å². The molecule has 2 aromatic rings. The van der Waals surface area contributed by atoms with Crippen LogP contribution in [0.2, 0.25) is 0 Å². The molecule has 0 saturated heterocycles. The quantitative estimate of drug-likeness (QED) is 0.681. The smallest absolute Gasteiger partial charge is 0.241 e. The first-order valence-corrected chi connectivity index (χ1v) is 9.94. The zero-order valence-corrected chi connectivity index (χ0v) is 16.4. The number of hydrogen-bond donors (Lipinski definition) is 2. The molecule has 7 nitrogen and oxygen atoms in total. The van der Waals surface area contributed by atoms with Crippen molar-refractivity contribution < 1.29 is 22.7 Å². The van der Waals surface area contributed by atoms with Crippen LogP contribution in [0.1, 0.15) is 19.4 Å². The minimum absolute atomic E-state index is 0.0000188. The third kappa shape index (κ3) is 6.58. The summed E-state index contributed by atoms with van der Waals surface area (Å²) in [6.45, 7) is 3.72. The van der Waals surface area contributed by atoms with Crippen molar-refractivity contribution in [3.05, 3.63) is 54.1 Å². The van der Waals surface area contributed by atoms with Gasteiger partial charge in [0.1, 0.15) is 11.5 Å². The molecule has 0 aliphatic carbocycles. The monoisotopic (exact) mass is 392 g/mol. The summed E-state index contributed by atoms with van der Waals surface area (Å²) >= 11 is 0. The molecule has 0 saturated carbocycles. The Bertz CT molecular complexity index is 847. The lowest BCUT2D eigenvalue weighted by Gasteiger charge is -2.11. The van der Waals surface area contributed by atoms with E-state index in [-0.39, 0.29) is 17.5 Å². The SMILES string of the molecule is COc1ccc(CNC(=O)CNS(=O)(=O)c2ccc(OC(C)C)cc2)cc1. The van der Waals surface area contributed by atoms with Crippen LogP contribution >= 0.6 is 0 Å². The van der Waals surface area contributed by atoms with Gasteiger partial charge in [-0.05, 0) is 55.8 Å². The van der Waals surface area contributed by atoms with Crippen molar-refractivity contribution in [2.45, 2.75) is 31.4 Å². The van der Waals surface area contributed by atoms with Gasteiger partial charge in [0.2, 0.25) is 15.9 Å². The molecule has 0 atom stereocenters. The maximum absolute atomic E-state index is 12.3. The molecule has 146 valence electrons. The summed E-state index contributed by atoms with van der Waals surface area (Å²) in [5.74, 6) is 0.887. The van der Waals surface area contributed by atoms with E-state index in [1.54, 1.807) is 31.4 Å². The number of sulfonamides is 1. The predicted molar refractivity (Wildman–Crippen MR) is 102 cm³/mol. The zero-order valence-electron chi connectivity index (χ0n) is 15.6. The van der Waals surface area contributed by atoms with Gasteiger partial charge < -0.3 is 14.8 Å². The van der Waals surface area contributed by atoms with Crippen LogP contribution < -0.4 is 19.5 Å². The highest BCUT2D eigenvalue weighted by molar-refractivity contribution is 7.89. The van der Waals surface area contributed by atoms with Crippen LogP contribution in [0.25, 0.3) is 0 Å². The van der Waals surface area contributed by atoms with Gasteiger partial charge in [-0.1, -0.05) is 12.1 Å². The Hall–Kier alpha value is -2.58. The fourth-order valence-corrected chi connectivity index (χ4v) is 3.20. The molecule has 27 heavy (non-hydrogen) atoms. The molecule has 0 aromatic heterocycles. The molecule has 2 aromatic carbocycles. The molecule has 0 spiro atoms. The first kappa shape index (κ1) is 20.7. The highest BCUT2D eigenvalue weighted by Crippen LogP contribution is 2.17. The maximum atomic E-state index is 12.3. The van der Waals surface area contributed by atoms with Crippen LogP contribution in [-0.4, -0.2) is 34.1 Å². The summed E-state index contributed by atoms with van der Waals surface area (Å²) in [7, 11) is -2.20. The minimum atomic E-state index is -3.78. The van der Waals surface area contributed by atoms with Crippen LogP contribution in [0.3, 0.4) is 0 Å². The summed E-state index contributed by atoms with van der Waals surface area (Å²) < 4.78 is 37.4. The predicted octanol–water partition coefficient (Wildman–Crippen LogP) is 2.08. The number of benzene rings is 2. The van der Waals surface area contributed by atoms with Gasteiger partial charge in [0.15, 0.2) is 0 Å². The number of nitrogens with one attached hydrogen (secondary N) is 2. The Morgan fingerprint density at radius 1 is 1.00 bits per heavy atom. The van der Waals surface area contributed by atoms with Gasteiger partial charge in [-0.15, -0.1) is 0 Å². The van der Waals surface area contributed by atoms with E-state index in [1.807, 2.05) is 26.0 Å². The van der Waals surface area contributed by atoms with Gasteiger partial charge in [-0.3, -0.25) is 4.79 Å². The molecular formula is C19H24N2O5S. The molecule has 0 heterocycles. The second-order valence-electron chi connectivity index (χ2n) is 6.09. The fourth-order valence-electron chi connectivity index (χ4n) is 2.22. The van der Waals surface area contributed by atoms with E-state index in [0.717, 1.165) is 11.3 Å². The normalized spacial score (nSPS) is 11.3. The van der Waals surface area contributed by atoms with Gasteiger partial charge in [-0.25, -0.2) is 13.1 Å². The molecule has 2 rings (SSSR count). The summed E-state index contributed by atoms with van der Waals surface area (Å²) in [6.07, 6.45) is -0.0000188. The molecule has 2 N–H and O–H groups in total. The largest absolute Gasteiger partial charge is 0.497 e. The van der Waals surface area contributed by atoms with Gasteiger partial charge >= 0.3 is 0 Å². The number of carbonyl (C=O) groups excluding carboxylic acids is 1. The van der Waals surface area contributed by atoms with Gasteiger partial charge in [0.05, 0.1) is 24.7 Å². The van der Waals surface area contributed by atoms with Crippen LogP contribution in [0.4, 0.5) is 0 Å². The number of amides is 1. The summed E-state index contributed by atoms with van der Waals surface area (Å²) in [6, 6.07) is 13.3. The zero-order chi connectivity index (χ0) is 19.9. The Morgan fingerprint density at radius 3 is 2.15 bits per heavy atom. The molecule has 8 heteroatoms. The molecule has 0 unspecified atom stereocenters. The Kier molecular flexibility index (Phi) is 7.20. The van der Waals surface area contributed by atoms with E-state index in [4.69, 9.17) is 9.47 Å². The minimum Gasteiger partial charge on any atom is -0.497 e. The Labute approximate surface area is 159 Å². The molecule has 0 aliphatic heterocycles. The van der Waals surface area contributed by atoms with Crippen molar-refractivity contribution in [1.29, 1.82) is 0 Å². The maximum Gasteiger partial charge on any atom is 0.241 e. The van der Waals surface area contributed by atoms with Crippen LogP contribution in [0.5, 0.6) is 11.5 Å². The van der Waals surface area contributed by atoms with Crippen LogP contribution in [0, 0.1) is 0 Å². The molecule has 0 aliphatic rings. The third-order valence-corrected chi connectivity index (χ3v) is 4.99. The Balaban J connectivity index is 1.85. The van der Waals surface area contributed by atoms with Crippen molar-refractivity contribution >= 4 is 15.9 Å². The van der Waals surface area contributed by atoms with Crippen molar-refractivity contribution in [3.63, 3.8) is 0 Å². The number of carbonyl (C=O) groups is 1. The van der Waals surface area contributed by atoms with E-state index in [2.05, 4.69) is 10.0 Å². The summed E-state index contributed by atoms with van der Waals surface area (Å²) in [4.78, 5) is 12.0. The first-order chi connectivity index (χ1) is 12.8. The standard InChI is InChI=1S/C19H24N2O5S/c1-14(2)26-17-8-10-18(11-9-17)27(23,24)21-13-19(22)20-12-15-4-6-16(25-3)7-5-15/h4-11,14,21H,12-13H2,1-3H3,(H,20,22). The second-order valence-corrected chi connectivity index (χ2v) is 7.85. The highest BCUT2D eigenvalue weighted by atomic mass is 32.2. The third-order valence-electron chi connectivity index (χ3n) is 3.58. The molecule has 0 fully saturated rings. The van der Waals surface area contributed by atoms with Crippen molar-refractivity contribution in [2.75, 3.05) is 13.7 Å². The number of ether oxygens (including phenoxy) is 2. The second kappa shape index (κ2) is 9.38. The molecule has 1 amide bonds. The van der Waals surface area contributed by atoms with Crippen LogP contribution in [-0.2, 0) is 21.4 Å². The van der Waals surface area contributed by atoms with E-state index < -0.39 is 15.9 Å². The summed E-state index contributed by atoms with van der Waals surface area (Å²) in [5, 5.41) is 2.66. The van der Waals surface area contributed by atoms with E-state index in [0.29, 0.717) is 12.3 Å². The first-order valence-electron chi connectivity index (χ1n) is 8.46. The van der Waals surface area contributed by atoms with E-state index in [9.17, 15) is 13.2 Å². The lowest BCUT2D eigenvalue weighted by atomic mass is 10.2.